The smallest absolute Gasteiger partial charge is 0.459 e. The minimum atomic E-state index is -4.20. The van der Waals surface area contributed by atoms with Gasteiger partial charge in [-0.1, -0.05) is 30.3 Å². The topological polar surface area (TPSA) is 147 Å². The molecular formula is C25H27FN3O9P. The summed E-state index contributed by atoms with van der Waals surface area (Å²) < 4.78 is 55.5. The molecule has 0 spiro atoms. The van der Waals surface area contributed by atoms with E-state index in [4.69, 9.17) is 23.3 Å². The number of carbonyl (C=O) groups excluding carboxylic acids is 1. The molecule has 4 rings (SSSR count). The summed E-state index contributed by atoms with van der Waals surface area (Å²) in [6, 6.07) is 12.5. The van der Waals surface area contributed by atoms with E-state index >= 15 is 0 Å². The lowest BCUT2D eigenvalue weighted by Crippen LogP contribution is -2.36. The van der Waals surface area contributed by atoms with Crippen molar-refractivity contribution in [3.8, 4) is 5.75 Å². The van der Waals surface area contributed by atoms with Crippen LogP contribution in [0, 0.1) is 12.7 Å². The highest BCUT2D eigenvalue weighted by Gasteiger charge is 2.36. The second-order valence-electron chi connectivity index (χ2n) is 8.61. The molecule has 0 bridgehead atoms. The molecule has 1 fully saturated rings. The van der Waals surface area contributed by atoms with Gasteiger partial charge in [-0.2, -0.15) is 5.09 Å². The quantitative estimate of drug-likeness (QED) is 0.264. The number of hydrogen-bond donors (Lipinski definition) is 2. The zero-order valence-corrected chi connectivity index (χ0v) is 22.0. The van der Waals surface area contributed by atoms with E-state index in [1.54, 1.807) is 37.3 Å². The summed E-state index contributed by atoms with van der Waals surface area (Å²) in [5.74, 6) is -0.957. The second kappa shape index (κ2) is 12.5. The van der Waals surface area contributed by atoms with Gasteiger partial charge in [-0.3, -0.25) is 23.7 Å². The summed E-state index contributed by atoms with van der Waals surface area (Å²) >= 11 is 0. The number of halogens is 1. The number of aromatic amines is 1. The van der Waals surface area contributed by atoms with Gasteiger partial charge in [0.1, 0.15) is 30.8 Å². The van der Waals surface area contributed by atoms with Crippen molar-refractivity contribution in [3.05, 3.63) is 98.6 Å². The molecule has 208 valence electrons. The first kappa shape index (κ1) is 28.4. The normalized spacial score (nSPS) is 19.3. The molecule has 2 aromatic carbocycles. The fourth-order valence-electron chi connectivity index (χ4n) is 3.50. The number of ether oxygens (including phenoxy) is 3. The van der Waals surface area contributed by atoms with E-state index in [0.717, 1.165) is 0 Å². The Kier molecular flexibility index (Phi) is 9.10. The lowest BCUT2D eigenvalue weighted by Gasteiger charge is -2.24. The van der Waals surface area contributed by atoms with Crippen molar-refractivity contribution in [1.29, 1.82) is 0 Å². The van der Waals surface area contributed by atoms with Crippen LogP contribution < -0.4 is 20.9 Å². The molecule has 0 radical (unpaired) electrons. The number of hydrogen-bond acceptors (Lipinski definition) is 9. The number of rotatable bonds is 11. The Morgan fingerprint density at radius 1 is 1.21 bits per heavy atom. The molecule has 1 aromatic heterocycles. The average Bonchev–Trinajstić information content (AvgIpc) is 3.38. The molecule has 1 aliphatic heterocycles. The van der Waals surface area contributed by atoms with Crippen LogP contribution in [-0.2, 0) is 34.7 Å². The Hall–Kier alpha value is -3.61. The summed E-state index contributed by atoms with van der Waals surface area (Å²) in [4.78, 5) is 38.5. The predicted molar refractivity (Wildman–Crippen MR) is 135 cm³/mol. The van der Waals surface area contributed by atoms with Gasteiger partial charge < -0.3 is 18.7 Å². The predicted octanol–water partition coefficient (Wildman–Crippen LogP) is 2.78. The highest BCUT2D eigenvalue weighted by atomic mass is 31.2. The Labute approximate surface area is 222 Å². The first-order valence-corrected chi connectivity index (χ1v) is 13.4. The molecule has 2 N–H and O–H groups in total. The molecule has 39 heavy (non-hydrogen) atoms. The van der Waals surface area contributed by atoms with Gasteiger partial charge in [-0.15, -0.1) is 0 Å². The Balaban J connectivity index is 1.39. The molecule has 0 aliphatic carbocycles. The van der Waals surface area contributed by atoms with Crippen molar-refractivity contribution in [2.24, 2.45) is 0 Å². The van der Waals surface area contributed by atoms with Crippen LogP contribution in [0.15, 0.2) is 70.4 Å². The standard InChI is InChI=1S/C25H27FN3O9P/c1-16-12-29(25(32)27-23(16)30)21-14-34-22(37-21)15-36-39(33,38-20-6-4-3-5-7-20)28-17(2)24(31)35-13-18-8-10-19(26)11-9-18/h3-12,17,21-22H,13-15H2,1-2H3,(H,28,33)(H,27,30,32)/t17-,21+,22+,39?/m0/s1. The van der Waals surface area contributed by atoms with Crippen LogP contribution >= 0.6 is 7.75 Å². The molecular weight excluding hydrogens is 536 g/mol. The third kappa shape index (κ3) is 7.71. The number of nitrogens with zero attached hydrogens (tertiary/aromatic N) is 1. The number of aromatic nitrogens is 2. The van der Waals surface area contributed by atoms with Crippen molar-refractivity contribution in [2.45, 2.75) is 39.0 Å². The Bertz CT molecular complexity index is 1450. The van der Waals surface area contributed by atoms with E-state index in [-0.39, 0.29) is 25.6 Å². The number of aryl methyl sites for hydroxylation is 1. The van der Waals surface area contributed by atoms with Crippen LogP contribution in [0.1, 0.15) is 24.3 Å². The van der Waals surface area contributed by atoms with E-state index in [1.165, 1.54) is 42.0 Å². The number of esters is 1. The molecule has 2 heterocycles. The fraction of sp³-hybridized carbons (Fsp3) is 0.320. The van der Waals surface area contributed by atoms with Gasteiger partial charge in [0, 0.05) is 11.8 Å². The summed E-state index contributed by atoms with van der Waals surface area (Å²) in [7, 11) is -4.20. The number of nitrogens with one attached hydrogen (secondary N) is 2. The molecule has 0 amide bonds. The van der Waals surface area contributed by atoms with Crippen LogP contribution in [0.5, 0.6) is 5.75 Å². The maximum atomic E-state index is 13.6. The highest BCUT2D eigenvalue weighted by molar-refractivity contribution is 7.52. The number of H-pyrrole nitrogens is 1. The Morgan fingerprint density at radius 2 is 1.92 bits per heavy atom. The molecule has 1 unspecified atom stereocenters. The molecule has 3 aromatic rings. The van der Waals surface area contributed by atoms with E-state index < -0.39 is 49.3 Å². The molecule has 0 saturated carbocycles. The zero-order chi connectivity index (χ0) is 28.0. The van der Waals surface area contributed by atoms with Crippen LogP contribution in [0.3, 0.4) is 0 Å². The highest BCUT2D eigenvalue weighted by Crippen LogP contribution is 2.45. The van der Waals surface area contributed by atoms with Crippen molar-refractivity contribution in [2.75, 3.05) is 13.2 Å². The van der Waals surface area contributed by atoms with E-state index in [9.17, 15) is 23.3 Å². The summed E-state index contributed by atoms with van der Waals surface area (Å²) in [6.45, 7) is 2.41. The van der Waals surface area contributed by atoms with Gasteiger partial charge in [0.05, 0.1) is 6.61 Å². The minimum absolute atomic E-state index is 0.0389. The van der Waals surface area contributed by atoms with Crippen LogP contribution in [0.25, 0.3) is 0 Å². The first-order chi connectivity index (χ1) is 18.6. The summed E-state index contributed by atoms with van der Waals surface area (Å²) in [5, 5.41) is 2.55. The Morgan fingerprint density at radius 3 is 2.64 bits per heavy atom. The van der Waals surface area contributed by atoms with Gasteiger partial charge >= 0.3 is 19.4 Å². The van der Waals surface area contributed by atoms with Crippen LogP contribution in [0.4, 0.5) is 4.39 Å². The van der Waals surface area contributed by atoms with Gasteiger partial charge in [0.15, 0.2) is 12.5 Å². The summed E-state index contributed by atoms with van der Waals surface area (Å²) in [5.41, 5.74) is -0.305. The fourth-order valence-corrected chi connectivity index (χ4v) is 4.97. The van der Waals surface area contributed by atoms with Gasteiger partial charge in [0.2, 0.25) is 0 Å². The molecule has 14 heteroatoms. The zero-order valence-electron chi connectivity index (χ0n) is 21.1. The number of para-hydroxylation sites is 1. The second-order valence-corrected chi connectivity index (χ2v) is 10.3. The molecule has 1 saturated heterocycles. The van der Waals surface area contributed by atoms with Gasteiger partial charge in [-0.25, -0.2) is 13.8 Å². The summed E-state index contributed by atoms with van der Waals surface area (Å²) in [6.07, 6.45) is -0.545. The lowest BCUT2D eigenvalue weighted by molar-refractivity contribution is -0.146. The minimum Gasteiger partial charge on any atom is -0.460 e. The molecule has 4 atom stereocenters. The van der Waals surface area contributed by atoms with Gasteiger partial charge in [-0.05, 0) is 43.7 Å². The van der Waals surface area contributed by atoms with E-state index in [0.29, 0.717) is 11.1 Å². The monoisotopic (exact) mass is 563 g/mol. The van der Waals surface area contributed by atoms with Gasteiger partial charge in [0.25, 0.3) is 5.56 Å². The maximum Gasteiger partial charge on any atom is 0.459 e. The van der Waals surface area contributed by atoms with Crippen LogP contribution in [0.2, 0.25) is 0 Å². The molecule has 12 nitrogen and oxygen atoms in total. The van der Waals surface area contributed by atoms with E-state index in [2.05, 4.69) is 10.1 Å². The number of benzene rings is 2. The van der Waals surface area contributed by atoms with Crippen molar-refractivity contribution >= 4 is 13.7 Å². The van der Waals surface area contributed by atoms with Crippen molar-refractivity contribution < 1.29 is 37.0 Å². The van der Waals surface area contributed by atoms with Crippen molar-refractivity contribution in [1.82, 2.24) is 14.6 Å². The third-order valence-corrected chi connectivity index (χ3v) is 7.18. The molecule has 1 aliphatic rings. The lowest BCUT2D eigenvalue weighted by atomic mass is 10.2. The van der Waals surface area contributed by atoms with Crippen LogP contribution in [-0.4, -0.2) is 41.1 Å². The number of carbonyl (C=O) groups is 1. The van der Waals surface area contributed by atoms with E-state index in [1.807, 2.05) is 0 Å². The van der Waals surface area contributed by atoms with Crippen molar-refractivity contribution in [3.63, 3.8) is 0 Å². The maximum absolute atomic E-state index is 13.6. The third-order valence-electron chi connectivity index (χ3n) is 5.54. The SMILES string of the molecule is Cc1cn([C@H]2CO[C@@H](COP(=O)(N[C@@H](C)C(=O)OCc3ccc(F)cc3)Oc3ccccc3)O2)c(=O)[nH]c1=O. The average molecular weight is 563 g/mol. The first-order valence-electron chi connectivity index (χ1n) is 11.9. The largest absolute Gasteiger partial charge is 0.460 e.